The molecule has 2 nitrogen and oxygen atoms in total. The van der Waals surface area contributed by atoms with Gasteiger partial charge in [-0.05, 0) is 25.7 Å². The van der Waals surface area contributed by atoms with Crippen LogP contribution in [0, 0.1) is 5.92 Å². The first-order valence-electron chi connectivity index (χ1n) is 6.09. The maximum absolute atomic E-state index is 9.63. The van der Waals surface area contributed by atoms with E-state index in [1.807, 2.05) is 18.7 Å². The van der Waals surface area contributed by atoms with Gasteiger partial charge >= 0.3 is 0 Å². The first kappa shape index (κ1) is 13.3. The molecule has 3 unspecified atom stereocenters. The number of aliphatic hydroxyl groups excluding tert-OH is 1. The minimum atomic E-state index is -0.285. The Hall–Kier alpha value is 0.270. The molecule has 3 atom stereocenters. The van der Waals surface area contributed by atoms with Crippen LogP contribution in [0.5, 0.6) is 0 Å². The zero-order chi connectivity index (χ0) is 11.1. The minimum absolute atomic E-state index is 0.285. The molecule has 0 saturated heterocycles. The summed E-state index contributed by atoms with van der Waals surface area (Å²) in [5.41, 5.74) is 0. The molecular weight excluding hydrogens is 208 g/mol. The van der Waals surface area contributed by atoms with Crippen LogP contribution < -0.4 is 0 Å². The lowest BCUT2D eigenvalue weighted by atomic mass is 9.91. The number of hydrogen-bond donors (Lipinski definition) is 1. The van der Waals surface area contributed by atoms with Crippen molar-refractivity contribution >= 4 is 11.8 Å². The Bertz CT molecular complexity index is 164. The third-order valence-electron chi connectivity index (χ3n) is 2.93. The number of ether oxygens (including phenoxy) is 1. The van der Waals surface area contributed by atoms with Gasteiger partial charge in [0.1, 0.15) is 0 Å². The lowest BCUT2D eigenvalue weighted by Crippen LogP contribution is -2.22. The predicted molar refractivity (Wildman–Crippen MR) is 66.4 cm³/mol. The van der Waals surface area contributed by atoms with E-state index in [4.69, 9.17) is 4.74 Å². The summed E-state index contributed by atoms with van der Waals surface area (Å²) in [6.45, 7) is 5.49. The summed E-state index contributed by atoms with van der Waals surface area (Å²) in [6.07, 6.45) is 5.12. The van der Waals surface area contributed by atoms with Crippen LogP contribution >= 0.6 is 11.8 Å². The zero-order valence-corrected chi connectivity index (χ0v) is 10.8. The van der Waals surface area contributed by atoms with Gasteiger partial charge < -0.3 is 9.84 Å². The Kier molecular flexibility index (Phi) is 6.69. The largest absolute Gasteiger partial charge is 0.390 e. The first-order valence-corrected chi connectivity index (χ1v) is 7.14. The van der Waals surface area contributed by atoms with Gasteiger partial charge in [-0.15, -0.1) is 0 Å². The second-order valence-corrected chi connectivity index (χ2v) is 5.87. The van der Waals surface area contributed by atoms with Crippen molar-refractivity contribution in [3.05, 3.63) is 0 Å². The van der Waals surface area contributed by atoms with Gasteiger partial charge in [-0.25, -0.2) is 0 Å². The van der Waals surface area contributed by atoms with Crippen LogP contribution in [0.15, 0.2) is 0 Å². The van der Waals surface area contributed by atoms with Gasteiger partial charge in [0.25, 0.3) is 0 Å². The maximum Gasteiger partial charge on any atom is 0.0863 e. The smallest absolute Gasteiger partial charge is 0.0863 e. The van der Waals surface area contributed by atoms with Crippen molar-refractivity contribution in [3.8, 4) is 0 Å². The van der Waals surface area contributed by atoms with Crippen molar-refractivity contribution in [1.29, 1.82) is 0 Å². The Morgan fingerprint density at radius 3 is 2.93 bits per heavy atom. The summed E-state index contributed by atoms with van der Waals surface area (Å²) in [5, 5.41) is 10.4. The molecule has 1 aliphatic carbocycles. The van der Waals surface area contributed by atoms with Gasteiger partial charge in [-0.3, -0.25) is 0 Å². The van der Waals surface area contributed by atoms with Crippen LogP contribution in [0.3, 0.4) is 0 Å². The summed E-state index contributed by atoms with van der Waals surface area (Å²) in [6, 6.07) is 0. The van der Waals surface area contributed by atoms with E-state index >= 15 is 0 Å². The SMILES string of the molecule is CCOCC(O)CSC1CCCC(C)C1. The van der Waals surface area contributed by atoms with E-state index in [9.17, 15) is 5.11 Å². The molecule has 3 heteroatoms. The molecule has 90 valence electrons. The number of thioether (sulfide) groups is 1. The average Bonchev–Trinajstić information content (AvgIpc) is 2.23. The topological polar surface area (TPSA) is 29.5 Å². The molecular formula is C12H24O2S. The Morgan fingerprint density at radius 1 is 1.47 bits per heavy atom. The Balaban J connectivity index is 2.07. The molecule has 15 heavy (non-hydrogen) atoms. The molecule has 1 fully saturated rings. The van der Waals surface area contributed by atoms with Crippen molar-refractivity contribution in [1.82, 2.24) is 0 Å². The highest BCUT2D eigenvalue weighted by Gasteiger charge is 2.19. The molecule has 0 spiro atoms. The molecule has 1 rings (SSSR count). The average molecular weight is 232 g/mol. The zero-order valence-electron chi connectivity index (χ0n) is 9.95. The fraction of sp³-hybridized carbons (Fsp3) is 1.00. The lowest BCUT2D eigenvalue weighted by Gasteiger charge is -2.26. The quantitative estimate of drug-likeness (QED) is 0.763. The lowest BCUT2D eigenvalue weighted by molar-refractivity contribution is 0.0550. The van der Waals surface area contributed by atoms with Crippen LogP contribution in [0.2, 0.25) is 0 Å². The molecule has 0 radical (unpaired) electrons. The Morgan fingerprint density at radius 2 is 2.27 bits per heavy atom. The van der Waals surface area contributed by atoms with E-state index < -0.39 is 0 Å². The van der Waals surface area contributed by atoms with E-state index in [0.717, 1.165) is 16.9 Å². The van der Waals surface area contributed by atoms with Gasteiger partial charge in [0.05, 0.1) is 12.7 Å². The standard InChI is InChI=1S/C12H24O2S/c1-3-14-8-11(13)9-15-12-6-4-5-10(2)7-12/h10-13H,3-9H2,1-2H3. The monoisotopic (exact) mass is 232 g/mol. The summed E-state index contributed by atoms with van der Waals surface area (Å²) in [5.74, 6) is 1.71. The molecule has 0 aliphatic heterocycles. The molecule has 0 aromatic heterocycles. The second-order valence-electron chi connectivity index (χ2n) is 4.54. The number of aliphatic hydroxyl groups is 1. The van der Waals surface area contributed by atoms with Crippen molar-refractivity contribution in [2.24, 2.45) is 5.92 Å². The van der Waals surface area contributed by atoms with Crippen LogP contribution in [-0.4, -0.2) is 35.4 Å². The van der Waals surface area contributed by atoms with E-state index in [2.05, 4.69) is 6.92 Å². The van der Waals surface area contributed by atoms with Gasteiger partial charge in [0, 0.05) is 17.6 Å². The summed E-state index contributed by atoms with van der Waals surface area (Å²) < 4.78 is 5.19. The van der Waals surface area contributed by atoms with Crippen molar-refractivity contribution in [3.63, 3.8) is 0 Å². The van der Waals surface area contributed by atoms with Crippen LogP contribution in [0.1, 0.15) is 39.5 Å². The van der Waals surface area contributed by atoms with Crippen molar-refractivity contribution in [2.45, 2.75) is 50.9 Å². The first-order chi connectivity index (χ1) is 7.22. The highest BCUT2D eigenvalue weighted by molar-refractivity contribution is 7.99. The van der Waals surface area contributed by atoms with Gasteiger partial charge in [0.2, 0.25) is 0 Å². The summed E-state index contributed by atoms with van der Waals surface area (Å²) in [4.78, 5) is 0. The van der Waals surface area contributed by atoms with Crippen molar-refractivity contribution in [2.75, 3.05) is 19.0 Å². The highest BCUT2D eigenvalue weighted by atomic mass is 32.2. The summed E-state index contributed by atoms with van der Waals surface area (Å²) >= 11 is 1.93. The van der Waals surface area contributed by atoms with Crippen LogP contribution in [0.25, 0.3) is 0 Å². The van der Waals surface area contributed by atoms with Crippen molar-refractivity contribution < 1.29 is 9.84 Å². The molecule has 0 aromatic carbocycles. The molecule has 1 saturated carbocycles. The van der Waals surface area contributed by atoms with Gasteiger partial charge in [0.15, 0.2) is 0 Å². The summed E-state index contributed by atoms with van der Waals surface area (Å²) in [7, 11) is 0. The van der Waals surface area contributed by atoms with Gasteiger partial charge in [-0.1, -0.05) is 19.8 Å². The van der Waals surface area contributed by atoms with E-state index in [0.29, 0.717) is 13.2 Å². The maximum atomic E-state index is 9.63. The van der Waals surface area contributed by atoms with Crippen LogP contribution in [0.4, 0.5) is 0 Å². The minimum Gasteiger partial charge on any atom is -0.390 e. The highest BCUT2D eigenvalue weighted by Crippen LogP contribution is 2.32. The number of rotatable bonds is 6. The fourth-order valence-corrected chi connectivity index (χ4v) is 3.47. The molecule has 1 aliphatic rings. The molecule has 0 amide bonds. The molecule has 0 bridgehead atoms. The fourth-order valence-electron chi connectivity index (χ4n) is 2.08. The molecule has 0 aromatic rings. The van der Waals surface area contributed by atoms with E-state index in [1.165, 1.54) is 25.7 Å². The third kappa shape index (κ3) is 5.79. The Labute approximate surface area is 97.8 Å². The van der Waals surface area contributed by atoms with E-state index in [-0.39, 0.29) is 6.10 Å². The van der Waals surface area contributed by atoms with Crippen LogP contribution in [-0.2, 0) is 4.74 Å². The molecule has 1 N–H and O–H groups in total. The molecule has 0 heterocycles. The third-order valence-corrected chi connectivity index (χ3v) is 4.40. The normalized spacial score (nSPS) is 29.0. The van der Waals surface area contributed by atoms with E-state index in [1.54, 1.807) is 0 Å². The number of hydrogen-bond acceptors (Lipinski definition) is 3. The van der Waals surface area contributed by atoms with Gasteiger partial charge in [-0.2, -0.15) is 11.8 Å². The predicted octanol–water partition coefficient (Wildman–Crippen LogP) is 2.70. The second kappa shape index (κ2) is 7.53.